The molecule has 0 saturated heterocycles. The number of nitrogens with one attached hydrogen (secondary N) is 1. The van der Waals surface area contributed by atoms with Crippen molar-refractivity contribution in [1.82, 2.24) is 0 Å². The van der Waals surface area contributed by atoms with Crippen molar-refractivity contribution in [3.05, 3.63) is 64.7 Å². The maximum absolute atomic E-state index is 11.8. The van der Waals surface area contributed by atoms with Crippen molar-refractivity contribution in [3.63, 3.8) is 0 Å². The number of rotatable bonds is 7. The highest BCUT2D eigenvalue weighted by atomic mass is 35.5. The summed E-state index contributed by atoms with van der Waals surface area (Å²) in [4.78, 5) is 23.1. The van der Waals surface area contributed by atoms with Gasteiger partial charge in [0, 0.05) is 10.7 Å². The summed E-state index contributed by atoms with van der Waals surface area (Å²) in [6.45, 7) is 3.69. The largest absolute Gasteiger partial charge is 0.479 e. The molecule has 0 aromatic heterocycles. The monoisotopic (exact) mass is 391 g/mol. The van der Waals surface area contributed by atoms with Gasteiger partial charge in [-0.25, -0.2) is 9.59 Å². The van der Waals surface area contributed by atoms with Crippen molar-refractivity contribution in [3.8, 4) is 0 Å². The second kappa shape index (κ2) is 9.94. The van der Waals surface area contributed by atoms with Gasteiger partial charge in [-0.1, -0.05) is 29.8 Å². The van der Waals surface area contributed by atoms with Gasteiger partial charge in [0.15, 0.2) is 6.10 Å². The number of carboxylic acids is 1. The molecule has 27 heavy (non-hydrogen) atoms. The molecule has 0 saturated carbocycles. The second-order valence-corrected chi connectivity index (χ2v) is 6.65. The fourth-order valence-corrected chi connectivity index (χ4v) is 2.45. The number of carbonyl (C=O) groups excluding carboxylic acids is 1. The average Bonchev–Trinajstić information content (AvgIpc) is 2.62. The van der Waals surface area contributed by atoms with Crippen LogP contribution in [0, 0.1) is 0 Å². The first-order valence-corrected chi connectivity index (χ1v) is 8.86. The Morgan fingerprint density at radius 2 is 1.96 bits per heavy atom. The van der Waals surface area contributed by atoms with E-state index < -0.39 is 18.2 Å². The topological polar surface area (TPSA) is 84.9 Å². The molecular formula is C20H22ClNO5. The van der Waals surface area contributed by atoms with Crippen LogP contribution in [0.25, 0.3) is 0 Å². The van der Waals surface area contributed by atoms with Gasteiger partial charge in [0.1, 0.15) is 6.61 Å². The van der Waals surface area contributed by atoms with E-state index in [-0.39, 0.29) is 12.7 Å². The lowest BCUT2D eigenvalue weighted by atomic mass is 10.0. The second-order valence-electron chi connectivity index (χ2n) is 6.21. The van der Waals surface area contributed by atoms with Gasteiger partial charge in [0.25, 0.3) is 0 Å². The van der Waals surface area contributed by atoms with Gasteiger partial charge in [-0.05, 0) is 61.8 Å². The highest BCUT2D eigenvalue weighted by Gasteiger charge is 2.17. The predicted octanol–water partition coefficient (Wildman–Crippen LogP) is 4.58. The van der Waals surface area contributed by atoms with Gasteiger partial charge >= 0.3 is 12.1 Å². The summed E-state index contributed by atoms with van der Waals surface area (Å²) in [7, 11) is 0. The smallest absolute Gasteiger partial charge is 0.411 e. The third-order valence-electron chi connectivity index (χ3n) is 3.60. The van der Waals surface area contributed by atoms with Crippen LogP contribution in [-0.2, 0) is 14.3 Å². The molecule has 1 unspecified atom stereocenters. The standard InChI is InChI=1S/C20H22ClNO5/c1-13(2)27-18(19(23)24)11-14-3-5-15(6-4-14)12-26-20(25)22-17-9-7-16(21)8-10-17/h3,5-11,13,18H,4,12H2,1-2H3,(H,22,25)(H,23,24). The lowest BCUT2D eigenvalue weighted by Gasteiger charge is -2.15. The van der Waals surface area contributed by atoms with Crippen LogP contribution < -0.4 is 5.32 Å². The minimum absolute atomic E-state index is 0.119. The number of aliphatic carboxylic acids is 1. The number of carbonyl (C=O) groups is 2. The van der Waals surface area contributed by atoms with Crippen LogP contribution >= 0.6 is 11.6 Å². The highest BCUT2D eigenvalue weighted by Crippen LogP contribution is 2.18. The number of hydrogen-bond acceptors (Lipinski definition) is 4. The Morgan fingerprint density at radius 1 is 1.26 bits per heavy atom. The third kappa shape index (κ3) is 7.29. The van der Waals surface area contributed by atoms with Crippen molar-refractivity contribution >= 4 is 29.4 Å². The third-order valence-corrected chi connectivity index (χ3v) is 3.85. The Hall–Kier alpha value is -2.57. The highest BCUT2D eigenvalue weighted by molar-refractivity contribution is 6.30. The van der Waals surface area contributed by atoms with Crippen molar-refractivity contribution in [2.75, 3.05) is 11.9 Å². The summed E-state index contributed by atoms with van der Waals surface area (Å²) >= 11 is 5.79. The maximum Gasteiger partial charge on any atom is 0.411 e. The van der Waals surface area contributed by atoms with Crippen molar-refractivity contribution < 1.29 is 24.2 Å². The molecule has 0 radical (unpaired) electrons. The molecule has 1 atom stereocenters. The maximum atomic E-state index is 11.8. The number of anilines is 1. The summed E-state index contributed by atoms with van der Waals surface area (Å²) in [6, 6.07) is 6.70. The number of halogens is 1. The van der Waals surface area contributed by atoms with Gasteiger partial charge in [0.05, 0.1) is 6.10 Å². The molecule has 1 amide bonds. The number of carboxylic acid groups (broad SMARTS) is 1. The molecule has 0 spiro atoms. The van der Waals surface area contributed by atoms with Crippen LogP contribution in [-0.4, -0.2) is 36.0 Å². The normalized spacial score (nSPS) is 16.1. The Morgan fingerprint density at radius 3 is 2.52 bits per heavy atom. The van der Waals surface area contributed by atoms with Crippen LogP contribution in [0.3, 0.4) is 0 Å². The summed E-state index contributed by atoms with van der Waals surface area (Å²) in [5.41, 5.74) is 2.25. The fraction of sp³-hybridized carbons (Fsp3) is 0.300. The first-order chi connectivity index (χ1) is 12.8. The number of amides is 1. The molecule has 2 N–H and O–H groups in total. The van der Waals surface area contributed by atoms with Crippen LogP contribution in [0.15, 0.2) is 59.7 Å². The Labute approximate surface area is 163 Å². The molecule has 0 aliphatic heterocycles. The van der Waals surface area contributed by atoms with Gasteiger partial charge < -0.3 is 14.6 Å². The van der Waals surface area contributed by atoms with E-state index in [1.807, 2.05) is 6.08 Å². The van der Waals surface area contributed by atoms with E-state index in [0.29, 0.717) is 17.1 Å². The molecule has 1 aliphatic rings. The van der Waals surface area contributed by atoms with E-state index in [4.69, 9.17) is 21.1 Å². The van der Waals surface area contributed by atoms with Crippen molar-refractivity contribution in [2.24, 2.45) is 0 Å². The van der Waals surface area contributed by atoms with E-state index in [2.05, 4.69) is 5.32 Å². The zero-order chi connectivity index (χ0) is 19.8. The van der Waals surface area contributed by atoms with E-state index in [1.54, 1.807) is 56.3 Å². The molecule has 7 heteroatoms. The summed E-state index contributed by atoms with van der Waals surface area (Å²) < 4.78 is 10.5. The molecule has 1 aromatic rings. The number of ether oxygens (including phenoxy) is 2. The Kier molecular flexibility index (Phi) is 7.64. The van der Waals surface area contributed by atoms with E-state index >= 15 is 0 Å². The van der Waals surface area contributed by atoms with Crippen LogP contribution in [0.2, 0.25) is 5.02 Å². The fourth-order valence-electron chi connectivity index (χ4n) is 2.32. The van der Waals surface area contributed by atoms with Crippen LogP contribution in [0.4, 0.5) is 10.5 Å². The van der Waals surface area contributed by atoms with Gasteiger partial charge in [-0.3, -0.25) is 5.32 Å². The zero-order valence-electron chi connectivity index (χ0n) is 15.1. The number of benzene rings is 1. The lowest BCUT2D eigenvalue weighted by Crippen LogP contribution is -2.25. The number of hydrogen-bond donors (Lipinski definition) is 2. The average molecular weight is 392 g/mol. The molecule has 1 aliphatic carbocycles. The van der Waals surface area contributed by atoms with Gasteiger partial charge in [-0.2, -0.15) is 0 Å². The van der Waals surface area contributed by atoms with E-state index in [1.165, 1.54) is 0 Å². The molecule has 6 nitrogen and oxygen atoms in total. The molecule has 0 bridgehead atoms. The minimum Gasteiger partial charge on any atom is -0.479 e. The Balaban J connectivity index is 1.83. The van der Waals surface area contributed by atoms with Crippen LogP contribution in [0.5, 0.6) is 0 Å². The quantitative estimate of drug-likeness (QED) is 0.710. The molecule has 1 aromatic carbocycles. The summed E-state index contributed by atoms with van der Waals surface area (Å²) in [5, 5.41) is 12.4. The predicted molar refractivity (Wildman–Crippen MR) is 104 cm³/mol. The van der Waals surface area contributed by atoms with Crippen LogP contribution in [0.1, 0.15) is 20.3 Å². The van der Waals surface area contributed by atoms with Gasteiger partial charge in [-0.15, -0.1) is 0 Å². The molecule has 144 valence electrons. The molecule has 0 heterocycles. The SMILES string of the molecule is CC(C)OC(C=C1C=CC(COC(=O)Nc2ccc(Cl)cc2)=CC1)C(=O)O. The molecule has 2 rings (SSSR count). The number of allylic oxidation sites excluding steroid dienone is 3. The van der Waals surface area contributed by atoms with Crippen molar-refractivity contribution in [1.29, 1.82) is 0 Å². The first kappa shape index (κ1) is 20.7. The molecule has 0 fully saturated rings. The lowest BCUT2D eigenvalue weighted by molar-refractivity contribution is -0.149. The van der Waals surface area contributed by atoms with Crippen molar-refractivity contribution in [2.45, 2.75) is 32.5 Å². The Bertz CT molecular complexity index is 765. The summed E-state index contributed by atoms with van der Waals surface area (Å²) in [5.74, 6) is -1.03. The first-order valence-electron chi connectivity index (χ1n) is 8.49. The molecular weight excluding hydrogens is 370 g/mol. The summed E-state index contributed by atoms with van der Waals surface area (Å²) in [6.07, 6.45) is 5.86. The zero-order valence-corrected chi connectivity index (χ0v) is 15.9. The van der Waals surface area contributed by atoms with Gasteiger partial charge in [0.2, 0.25) is 0 Å². The van der Waals surface area contributed by atoms with E-state index in [9.17, 15) is 14.7 Å². The van der Waals surface area contributed by atoms with E-state index in [0.717, 1.165) is 11.1 Å². The minimum atomic E-state index is -1.03.